The van der Waals surface area contributed by atoms with Crippen LogP contribution in [0.3, 0.4) is 0 Å². The van der Waals surface area contributed by atoms with Gasteiger partial charge in [0.1, 0.15) is 11.5 Å². The van der Waals surface area contributed by atoms with Gasteiger partial charge in [0.15, 0.2) is 0 Å². The molecule has 0 aromatic heterocycles. The fourth-order valence-corrected chi connectivity index (χ4v) is 1.28. The van der Waals surface area contributed by atoms with Gasteiger partial charge in [-0.15, -0.1) is 74.4 Å². The third kappa shape index (κ3) is 11.2. The number of benzene rings is 2. The van der Waals surface area contributed by atoms with E-state index in [1.54, 1.807) is 12.1 Å². The molecule has 0 radical (unpaired) electrons. The van der Waals surface area contributed by atoms with Crippen LogP contribution in [-0.4, -0.2) is 10.2 Å². The summed E-state index contributed by atoms with van der Waals surface area (Å²) < 4.78 is 0. The Morgan fingerprint density at radius 1 is 0.385 bits per heavy atom. The van der Waals surface area contributed by atoms with Crippen molar-refractivity contribution in [2.75, 3.05) is 34.4 Å². The van der Waals surface area contributed by atoms with Crippen molar-refractivity contribution in [3.8, 4) is 11.5 Å². The number of hydrogen-bond acceptors (Lipinski definition) is 8. The zero-order chi connectivity index (χ0) is 15.4. The molecule has 0 aliphatic rings. The smallest absolute Gasteiger partial charge is 0.142 e. The number of phenols is 2. The zero-order valence-corrected chi connectivity index (χ0v) is 18.0. The lowest BCUT2D eigenvalue weighted by atomic mass is 10.2. The van der Waals surface area contributed by atoms with Crippen molar-refractivity contribution in [1.82, 2.24) is 0 Å². The molecule has 156 valence electrons. The fourth-order valence-electron chi connectivity index (χ4n) is 1.28. The van der Waals surface area contributed by atoms with Gasteiger partial charge < -0.3 is 44.6 Å². The molecule has 14 heteroatoms. The van der Waals surface area contributed by atoms with Crippen LogP contribution < -0.4 is 34.4 Å². The van der Waals surface area contributed by atoms with Crippen molar-refractivity contribution < 1.29 is 10.2 Å². The lowest BCUT2D eigenvalue weighted by Crippen LogP contribution is -2.00. The molecule has 0 saturated carbocycles. The van der Waals surface area contributed by atoms with Crippen molar-refractivity contribution in [3.05, 3.63) is 24.3 Å². The molecule has 2 rings (SSSR count). The number of anilines is 6. The Balaban J connectivity index is -0.0000000625. The molecular weight excluding hydrogens is 473 g/mol. The lowest BCUT2D eigenvalue weighted by Gasteiger charge is -2.03. The van der Waals surface area contributed by atoms with Crippen LogP contribution in [0.4, 0.5) is 34.1 Å². The average Bonchev–Trinajstić information content (AvgIpc) is 2.35. The molecule has 0 amide bonds. The van der Waals surface area contributed by atoms with E-state index < -0.39 is 0 Å². The quantitative estimate of drug-likeness (QED) is 0.154. The number of rotatable bonds is 0. The van der Waals surface area contributed by atoms with Crippen LogP contribution in [0, 0.1) is 0 Å². The number of nitrogen functional groups attached to an aromatic ring is 6. The van der Waals surface area contributed by atoms with E-state index in [9.17, 15) is 0 Å². The van der Waals surface area contributed by atoms with Crippen LogP contribution in [0.25, 0.3) is 0 Å². The Bertz CT molecular complexity index is 494. The van der Waals surface area contributed by atoms with Crippen LogP contribution in [0.15, 0.2) is 24.3 Å². The van der Waals surface area contributed by atoms with Gasteiger partial charge in [-0.3, -0.25) is 0 Å². The van der Waals surface area contributed by atoms with E-state index in [2.05, 4.69) is 0 Å². The summed E-state index contributed by atoms with van der Waals surface area (Å²) in [5.74, 6) is -0.321. The normalized spacial score (nSPS) is 7.38. The number of aromatic hydroxyl groups is 2. The summed E-state index contributed by atoms with van der Waals surface area (Å²) in [4.78, 5) is 0. The molecule has 14 N–H and O–H groups in total. The predicted molar refractivity (Wildman–Crippen MR) is 126 cm³/mol. The molecule has 0 aliphatic carbocycles. The third-order valence-electron chi connectivity index (χ3n) is 2.46. The van der Waals surface area contributed by atoms with Crippen molar-refractivity contribution in [3.63, 3.8) is 0 Å². The molecule has 8 nitrogen and oxygen atoms in total. The first-order valence-corrected chi connectivity index (χ1v) is 5.49. The Morgan fingerprint density at radius 2 is 0.577 bits per heavy atom. The highest BCUT2D eigenvalue weighted by Gasteiger charge is 2.01. The molecule has 0 saturated heterocycles. The Kier molecular flexibility index (Phi) is 25.9. The van der Waals surface area contributed by atoms with Gasteiger partial charge in [-0.2, -0.15) is 0 Å². The maximum absolute atomic E-state index is 8.88. The van der Waals surface area contributed by atoms with Crippen molar-refractivity contribution in [2.24, 2.45) is 0 Å². The van der Waals surface area contributed by atoms with E-state index in [1.165, 1.54) is 6.07 Å². The van der Waals surface area contributed by atoms with Gasteiger partial charge in [-0.05, 0) is 18.2 Å². The molecule has 0 heterocycles. The minimum Gasteiger partial charge on any atom is -0.506 e. The number of nitrogens with two attached hydrogens (primary N) is 6. The second-order valence-corrected chi connectivity index (χ2v) is 4.08. The second kappa shape index (κ2) is 17.0. The summed E-state index contributed by atoms with van der Waals surface area (Å²) in [5, 5.41) is 17.8. The van der Waals surface area contributed by atoms with E-state index in [4.69, 9.17) is 44.6 Å². The standard InChI is InChI=1S/C6H10N4.C6H8N2O2.6ClH/c2*7-3-1-4(8)6(10)2-5(3)9;;;;;;/h1-2H,7-10H2;1-2,9-10H,7-8H2;6*1H. The van der Waals surface area contributed by atoms with E-state index in [0.717, 1.165) is 6.07 Å². The van der Waals surface area contributed by atoms with Crippen molar-refractivity contribution >= 4 is 109 Å². The van der Waals surface area contributed by atoms with Crippen molar-refractivity contribution in [2.45, 2.75) is 0 Å². The molecule has 0 spiro atoms. The van der Waals surface area contributed by atoms with Crippen LogP contribution in [0.1, 0.15) is 0 Å². The Labute approximate surface area is 188 Å². The van der Waals surface area contributed by atoms with Crippen LogP contribution in [0.2, 0.25) is 0 Å². The maximum Gasteiger partial charge on any atom is 0.142 e. The van der Waals surface area contributed by atoms with E-state index >= 15 is 0 Å². The summed E-state index contributed by atoms with van der Waals surface area (Å²) in [6, 6.07) is 5.49. The van der Waals surface area contributed by atoms with Crippen molar-refractivity contribution in [1.29, 1.82) is 0 Å². The molecule has 0 fully saturated rings. The zero-order valence-electron chi connectivity index (χ0n) is 13.1. The summed E-state index contributed by atoms with van der Waals surface area (Å²) in [7, 11) is 0. The largest absolute Gasteiger partial charge is 0.506 e. The average molecular weight is 497 g/mol. The van der Waals surface area contributed by atoms with Crippen LogP contribution in [-0.2, 0) is 0 Å². The maximum atomic E-state index is 8.88. The van der Waals surface area contributed by atoms with E-state index in [1.807, 2.05) is 0 Å². The first-order chi connectivity index (χ1) is 9.22. The molecule has 0 aliphatic heterocycles. The number of hydrogen-bond donors (Lipinski definition) is 8. The highest BCUT2D eigenvalue weighted by molar-refractivity contribution is 5.86. The van der Waals surface area contributed by atoms with Crippen LogP contribution >= 0.6 is 74.4 Å². The van der Waals surface area contributed by atoms with Gasteiger partial charge in [0.25, 0.3) is 0 Å². The van der Waals surface area contributed by atoms with Gasteiger partial charge in [0, 0.05) is 6.07 Å². The molecule has 2 aromatic carbocycles. The van der Waals surface area contributed by atoms with E-state index in [0.29, 0.717) is 22.7 Å². The SMILES string of the molecule is Cl.Cl.Cl.Cl.Cl.Cl.Nc1cc(N)c(N)cc1N.Nc1cc(N)c(O)cc1O. The Hall–Kier alpha value is -1.42. The first kappa shape index (κ1) is 39.6. The number of phenolic OH excluding ortho intramolecular Hbond substituents is 2. The summed E-state index contributed by atoms with van der Waals surface area (Å²) in [5.41, 5.74) is 34.4. The molecule has 0 bridgehead atoms. The first-order valence-electron chi connectivity index (χ1n) is 5.49. The van der Waals surface area contributed by atoms with Crippen LogP contribution in [0.5, 0.6) is 11.5 Å². The molecule has 0 unspecified atom stereocenters. The molecule has 0 atom stereocenters. The molecule has 2 aromatic rings. The molecular formula is C12H24Cl6N6O2. The Morgan fingerprint density at radius 3 is 0.769 bits per heavy atom. The minimum absolute atomic E-state index is 0. The summed E-state index contributed by atoms with van der Waals surface area (Å²) in [6.07, 6.45) is 0. The van der Waals surface area contributed by atoms with Gasteiger partial charge in [-0.1, -0.05) is 0 Å². The third-order valence-corrected chi connectivity index (χ3v) is 2.46. The minimum atomic E-state index is -0.160. The second-order valence-electron chi connectivity index (χ2n) is 4.08. The predicted octanol–water partition coefficient (Wildman–Crippen LogP) is 2.81. The van der Waals surface area contributed by atoms with E-state index in [-0.39, 0.29) is 97.3 Å². The fraction of sp³-hybridized carbons (Fsp3) is 0. The monoisotopic (exact) mass is 494 g/mol. The van der Waals surface area contributed by atoms with Gasteiger partial charge in [0.2, 0.25) is 0 Å². The lowest BCUT2D eigenvalue weighted by molar-refractivity contribution is 0.454. The summed E-state index contributed by atoms with van der Waals surface area (Å²) in [6.45, 7) is 0. The van der Waals surface area contributed by atoms with Gasteiger partial charge >= 0.3 is 0 Å². The summed E-state index contributed by atoms with van der Waals surface area (Å²) >= 11 is 0. The van der Waals surface area contributed by atoms with Gasteiger partial charge in [0.05, 0.1) is 34.1 Å². The highest BCUT2D eigenvalue weighted by atomic mass is 35.5. The topological polar surface area (TPSA) is 197 Å². The molecule has 26 heavy (non-hydrogen) atoms. The highest BCUT2D eigenvalue weighted by Crippen LogP contribution is 2.30. The number of halogens is 6. The van der Waals surface area contributed by atoms with Gasteiger partial charge in [-0.25, -0.2) is 0 Å².